The number of unbranched alkanes of at least 4 members (excludes halogenated alkanes) is 1. The van der Waals surface area contributed by atoms with E-state index in [1.807, 2.05) is 6.07 Å². The van der Waals surface area contributed by atoms with Crippen molar-refractivity contribution in [3.63, 3.8) is 0 Å². The zero-order valence-electron chi connectivity index (χ0n) is 27.7. The van der Waals surface area contributed by atoms with E-state index in [0.29, 0.717) is 12.2 Å². The van der Waals surface area contributed by atoms with E-state index in [4.69, 9.17) is 22.4 Å². The lowest BCUT2D eigenvalue weighted by Gasteiger charge is -2.51. The molecule has 2 aromatic rings. The van der Waals surface area contributed by atoms with Crippen LogP contribution in [-0.4, -0.2) is 64.1 Å². The van der Waals surface area contributed by atoms with Crippen LogP contribution in [-0.2, 0) is 22.4 Å². The lowest BCUT2D eigenvalue weighted by Crippen LogP contribution is -2.66. The summed E-state index contributed by atoms with van der Waals surface area (Å²) >= 11 is 0. The van der Waals surface area contributed by atoms with E-state index in [2.05, 4.69) is 72.6 Å². The summed E-state index contributed by atoms with van der Waals surface area (Å²) in [5.41, 5.74) is 0.601. The molecule has 0 unspecified atom stereocenters. The summed E-state index contributed by atoms with van der Waals surface area (Å²) in [6.07, 6.45) is 1.09. The average molecular weight is 646 g/mol. The Balaban J connectivity index is 1.71. The van der Waals surface area contributed by atoms with Gasteiger partial charge in [-0.1, -0.05) is 86.9 Å². The highest BCUT2D eigenvalue weighted by molar-refractivity contribution is 6.84. The number of aromatic nitrogens is 2. The van der Waals surface area contributed by atoms with Gasteiger partial charge in [-0.2, -0.15) is 4.98 Å². The molecule has 1 N–H and O–H groups in total. The van der Waals surface area contributed by atoms with Gasteiger partial charge in [0.15, 0.2) is 6.23 Å². The predicted molar refractivity (Wildman–Crippen MR) is 175 cm³/mol. The molecular weight excluding hydrogens is 595 g/mol. The molecule has 44 heavy (non-hydrogen) atoms. The van der Waals surface area contributed by atoms with Crippen LogP contribution < -0.4 is 11.0 Å². The molecule has 2 aliphatic heterocycles. The van der Waals surface area contributed by atoms with Crippen molar-refractivity contribution < 1.29 is 27.2 Å². The first kappa shape index (κ1) is 34.7. The van der Waals surface area contributed by atoms with Crippen LogP contribution in [0.1, 0.15) is 91.7 Å². The van der Waals surface area contributed by atoms with E-state index in [0.717, 1.165) is 12.8 Å². The predicted octanol–water partition coefficient (Wildman–Crippen LogP) is 6.53. The SMILES string of the molecule is CCCCO[C@@H]1[C@@H]2O[Si](C(C)C)(C(C)C)O[Si](C(C)C)(C(C)C)OC[C@H]2O[C@H]1n1ccc(NC(=O)c2ccccc2)nc1=O. The molecule has 244 valence electrons. The number of rotatable bonds is 11. The molecule has 2 aliphatic rings. The number of hydrogen-bond acceptors (Lipinski definition) is 8. The van der Waals surface area contributed by atoms with Crippen LogP contribution in [0, 0.1) is 0 Å². The fourth-order valence-electron chi connectivity index (χ4n) is 6.34. The molecule has 1 aromatic carbocycles. The standard InChI is InChI=1S/C32H51N3O7Si2/c1-10-11-19-38-29-28-26(20-39-43(21(2)3,22(4)5)42-44(41-28,23(6)7)24(8)9)40-31(29)35-18-17-27(34-32(35)37)33-30(36)25-15-13-12-14-16-25/h12-18,21-24,26,28-29,31H,10-11,19-20H2,1-9H3,(H,33,34,36,37)/t26-,28-,29-,31-/m1/s1. The number of amides is 1. The minimum atomic E-state index is -2.93. The third-order valence-corrected chi connectivity index (χ3v) is 19.1. The molecule has 0 aliphatic carbocycles. The first-order valence-corrected chi connectivity index (χ1v) is 20.0. The van der Waals surface area contributed by atoms with Gasteiger partial charge in [0.05, 0.1) is 6.61 Å². The monoisotopic (exact) mass is 645 g/mol. The molecular formula is C32H51N3O7Si2. The maximum Gasteiger partial charge on any atom is 0.351 e. The number of fused-ring (bicyclic) bond motifs is 1. The zero-order chi connectivity index (χ0) is 32.2. The summed E-state index contributed by atoms with van der Waals surface area (Å²) in [4.78, 5) is 30.3. The van der Waals surface area contributed by atoms with E-state index in [-0.39, 0.29) is 40.5 Å². The summed E-state index contributed by atoms with van der Waals surface area (Å²) in [5.74, 6) is -0.180. The molecule has 0 bridgehead atoms. The third kappa shape index (κ3) is 6.96. The third-order valence-electron chi connectivity index (χ3n) is 8.81. The van der Waals surface area contributed by atoms with Gasteiger partial charge in [0, 0.05) is 18.4 Å². The van der Waals surface area contributed by atoms with Gasteiger partial charge in [-0.15, -0.1) is 0 Å². The molecule has 1 amide bonds. The molecule has 0 spiro atoms. The van der Waals surface area contributed by atoms with Gasteiger partial charge in [-0.3, -0.25) is 9.36 Å². The van der Waals surface area contributed by atoms with Crippen molar-refractivity contribution in [3.05, 3.63) is 58.6 Å². The van der Waals surface area contributed by atoms with Crippen LogP contribution in [0.5, 0.6) is 0 Å². The highest BCUT2D eigenvalue weighted by atomic mass is 28.5. The number of nitrogens with zero attached hydrogens (tertiary/aromatic N) is 2. The minimum absolute atomic E-state index is 0.140. The van der Waals surface area contributed by atoms with Gasteiger partial charge in [-0.25, -0.2) is 4.79 Å². The number of benzene rings is 1. The Hall–Kier alpha value is -2.20. The van der Waals surface area contributed by atoms with E-state index >= 15 is 0 Å². The van der Waals surface area contributed by atoms with E-state index < -0.39 is 47.4 Å². The maximum atomic E-state index is 13.5. The average Bonchev–Trinajstić information content (AvgIpc) is 3.28. The van der Waals surface area contributed by atoms with Gasteiger partial charge in [0.2, 0.25) is 0 Å². The highest BCUT2D eigenvalue weighted by Crippen LogP contribution is 2.48. The van der Waals surface area contributed by atoms with Crippen LogP contribution in [0.2, 0.25) is 22.2 Å². The Kier molecular flexibility index (Phi) is 11.4. The summed E-state index contributed by atoms with van der Waals surface area (Å²) in [6.45, 7) is 20.3. The van der Waals surface area contributed by atoms with Crippen molar-refractivity contribution in [1.29, 1.82) is 0 Å². The Morgan fingerprint density at radius 2 is 1.64 bits per heavy atom. The van der Waals surface area contributed by atoms with Gasteiger partial charge >= 0.3 is 22.8 Å². The fourth-order valence-corrected chi connectivity index (χ4v) is 17.5. The van der Waals surface area contributed by atoms with Crippen LogP contribution in [0.4, 0.5) is 5.82 Å². The second kappa shape index (κ2) is 14.5. The lowest BCUT2D eigenvalue weighted by molar-refractivity contribution is -0.0735. The van der Waals surface area contributed by atoms with Crippen LogP contribution in [0.25, 0.3) is 0 Å². The van der Waals surface area contributed by atoms with Crippen LogP contribution >= 0.6 is 0 Å². The molecule has 12 heteroatoms. The molecule has 2 saturated heterocycles. The highest BCUT2D eigenvalue weighted by Gasteiger charge is 2.62. The molecule has 3 heterocycles. The molecule has 10 nitrogen and oxygen atoms in total. The topological polar surface area (TPSA) is 110 Å². The summed E-state index contributed by atoms with van der Waals surface area (Å²) in [7, 11) is -5.70. The summed E-state index contributed by atoms with van der Waals surface area (Å²) in [6, 6.07) is 10.4. The van der Waals surface area contributed by atoms with E-state index in [1.165, 1.54) is 4.57 Å². The normalized spacial score (nSPS) is 24.8. The number of carbonyl (C=O) groups is 1. The molecule has 4 rings (SSSR count). The molecule has 0 saturated carbocycles. The van der Waals surface area contributed by atoms with Gasteiger partial charge in [0.1, 0.15) is 24.1 Å². The molecule has 0 radical (unpaired) electrons. The second-order valence-corrected chi connectivity index (χ2v) is 22.0. The number of carbonyl (C=O) groups excluding carboxylic acids is 1. The van der Waals surface area contributed by atoms with Crippen molar-refractivity contribution in [1.82, 2.24) is 9.55 Å². The van der Waals surface area contributed by atoms with E-state index in [1.54, 1.807) is 36.5 Å². The lowest BCUT2D eigenvalue weighted by atomic mass is 10.1. The first-order valence-electron chi connectivity index (χ1n) is 16.1. The first-order chi connectivity index (χ1) is 20.9. The van der Waals surface area contributed by atoms with Crippen molar-refractivity contribution in [2.75, 3.05) is 18.5 Å². The largest absolute Gasteiger partial charge is 0.414 e. The fraction of sp³-hybridized carbons (Fsp3) is 0.656. The number of ether oxygens (including phenoxy) is 2. The van der Waals surface area contributed by atoms with Gasteiger partial charge in [-0.05, 0) is 46.8 Å². The summed E-state index contributed by atoms with van der Waals surface area (Å²) < 4.78 is 36.1. The zero-order valence-corrected chi connectivity index (χ0v) is 29.7. The van der Waals surface area contributed by atoms with Crippen LogP contribution in [0.15, 0.2) is 47.4 Å². The quantitative estimate of drug-likeness (QED) is 0.217. The van der Waals surface area contributed by atoms with E-state index in [9.17, 15) is 9.59 Å². The second-order valence-electron chi connectivity index (χ2n) is 13.1. The van der Waals surface area contributed by atoms with Crippen molar-refractivity contribution in [3.8, 4) is 0 Å². The van der Waals surface area contributed by atoms with Gasteiger partial charge < -0.3 is 27.8 Å². The molecule has 1 aromatic heterocycles. The Labute approximate surface area is 264 Å². The maximum absolute atomic E-state index is 13.5. The van der Waals surface area contributed by atoms with Crippen molar-refractivity contribution >= 4 is 28.8 Å². The molecule has 4 atom stereocenters. The van der Waals surface area contributed by atoms with Crippen molar-refractivity contribution in [2.45, 2.75) is 122 Å². The van der Waals surface area contributed by atoms with Crippen molar-refractivity contribution in [2.24, 2.45) is 0 Å². The Morgan fingerprint density at radius 3 is 2.20 bits per heavy atom. The smallest absolute Gasteiger partial charge is 0.351 e. The Bertz CT molecular complexity index is 1290. The minimum Gasteiger partial charge on any atom is -0.414 e. The van der Waals surface area contributed by atoms with Gasteiger partial charge in [0.25, 0.3) is 5.91 Å². The number of nitrogens with one attached hydrogen (secondary N) is 1. The molecule has 2 fully saturated rings. The summed E-state index contributed by atoms with van der Waals surface area (Å²) in [5, 5.41) is 2.72. The number of anilines is 1. The Morgan fingerprint density at radius 1 is 1.00 bits per heavy atom. The van der Waals surface area contributed by atoms with Crippen LogP contribution in [0.3, 0.4) is 0 Å². The number of hydrogen-bond donors (Lipinski definition) is 1.